The summed E-state index contributed by atoms with van der Waals surface area (Å²) in [5, 5.41) is 0. The van der Waals surface area contributed by atoms with Crippen LogP contribution >= 0.6 is 0 Å². The van der Waals surface area contributed by atoms with Gasteiger partial charge in [-0.25, -0.2) is 0 Å². The van der Waals surface area contributed by atoms with Gasteiger partial charge < -0.3 is 14.4 Å². The Kier molecular flexibility index (Phi) is 4.90. The van der Waals surface area contributed by atoms with Gasteiger partial charge in [-0.15, -0.1) is 0 Å². The van der Waals surface area contributed by atoms with Crippen LogP contribution in [-0.4, -0.2) is 31.6 Å². The smallest absolute Gasteiger partial charge is 0.161 e. The predicted molar refractivity (Wildman–Crippen MR) is 105 cm³/mol. The van der Waals surface area contributed by atoms with Crippen LogP contribution in [0.25, 0.3) is 0 Å². The van der Waals surface area contributed by atoms with Crippen molar-refractivity contribution in [1.82, 2.24) is 4.90 Å². The Bertz CT molecular complexity index is 741. The molecule has 2 aromatic rings. The summed E-state index contributed by atoms with van der Waals surface area (Å²) >= 11 is 0. The van der Waals surface area contributed by atoms with E-state index in [1.54, 1.807) is 7.11 Å². The van der Waals surface area contributed by atoms with Gasteiger partial charge in [-0.3, -0.25) is 0 Å². The molecule has 2 atom stereocenters. The fourth-order valence-electron chi connectivity index (χ4n) is 5.00. The number of likely N-dealkylation sites (N-methyl/N-ethyl adjacent to an activating group) is 1. The zero-order valence-electron chi connectivity index (χ0n) is 15.9. The highest BCUT2D eigenvalue weighted by atomic mass is 16.5. The molecular weight excluding hydrogens is 322 g/mol. The van der Waals surface area contributed by atoms with E-state index in [4.69, 9.17) is 9.47 Å². The molecule has 1 heterocycles. The van der Waals surface area contributed by atoms with Crippen LogP contribution in [0.1, 0.15) is 43.2 Å². The minimum absolute atomic E-state index is 0.282. The molecule has 0 aromatic heterocycles. The first-order chi connectivity index (χ1) is 12.7. The third kappa shape index (κ3) is 3.09. The highest BCUT2D eigenvalue weighted by Crippen LogP contribution is 2.49. The lowest BCUT2D eigenvalue weighted by molar-refractivity contribution is 0.181. The van der Waals surface area contributed by atoms with Crippen LogP contribution in [0.15, 0.2) is 48.5 Å². The molecule has 0 N–H and O–H groups in total. The lowest BCUT2D eigenvalue weighted by Gasteiger charge is -2.42. The summed E-state index contributed by atoms with van der Waals surface area (Å²) in [5.74, 6) is 1.68. The van der Waals surface area contributed by atoms with Crippen LogP contribution in [0.2, 0.25) is 0 Å². The van der Waals surface area contributed by atoms with Gasteiger partial charge >= 0.3 is 0 Å². The fourth-order valence-corrected chi connectivity index (χ4v) is 5.00. The predicted octanol–water partition coefficient (Wildman–Crippen LogP) is 4.79. The zero-order valence-corrected chi connectivity index (χ0v) is 15.9. The number of hydrogen-bond acceptors (Lipinski definition) is 3. The molecule has 2 fully saturated rings. The number of nitrogens with zero attached hydrogens (tertiary/aromatic N) is 1. The second-order valence-electron chi connectivity index (χ2n) is 7.79. The summed E-state index contributed by atoms with van der Waals surface area (Å²) in [7, 11) is 4.00. The van der Waals surface area contributed by atoms with Crippen LogP contribution in [-0.2, 0) is 12.0 Å². The van der Waals surface area contributed by atoms with Crippen molar-refractivity contribution in [3.8, 4) is 11.5 Å². The Balaban J connectivity index is 1.63. The van der Waals surface area contributed by atoms with E-state index >= 15 is 0 Å². The van der Waals surface area contributed by atoms with E-state index in [2.05, 4.69) is 42.3 Å². The highest BCUT2D eigenvalue weighted by Gasteiger charge is 2.48. The molecule has 1 saturated carbocycles. The van der Waals surface area contributed by atoms with Gasteiger partial charge in [0.15, 0.2) is 11.5 Å². The average Bonchev–Trinajstić information content (AvgIpc) is 3.05. The van der Waals surface area contributed by atoms with Gasteiger partial charge in [0.05, 0.1) is 7.11 Å². The number of benzene rings is 2. The maximum Gasteiger partial charge on any atom is 0.161 e. The maximum atomic E-state index is 6.18. The van der Waals surface area contributed by atoms with Gasteiger partial charge in [-0.05, 0) is 56.1 Å². The lowest BCUT2D eigenvalue weighted by Crippen LogP contribution is -2.43. The van der Waals surface area contributed by atoms with E-state index in [1.165, 1.54) is 49.8 Å². The Morgan fingerprint density at radius 2 is 1.88 bits per heavy atom. The van der Waals surface area contributed by atoms with Crippen molar-refractivity contribution in [2.24, 2.45) is 0 Å². The van der Waals surface area contributed by atoms with Gasteiger partial charge in [-0.2, -0.15) is 0 Å². The van der Waals surface area contributed by atoms with E-state index in [9.17, 15) is 0 Å². The molecular formula is C23H29NO2. The molecule has 1 aliphatic carbocycles. The third-order valence-corrected chi connectivity index (χ3v) is 6.41. The van der Waals surface area contributed by atoms with Gasteiger partial charge in [-0.1, -0.05) is 49.2 Å². The van der Waals surface area contributed by atoms with E-state index in [0.29, 0.717) is 12.6 Å². The number of methoxy groups -OCH3 is 1. The Labute approximate surface area is 156 Å². The number of hydrogen-bond donors (Lipinski definition) is 0. The molecule has 0 radical (unpaired) electrons. The van der Waals surface area contributed by atoms with Gasteiger partial charge in [0.2, 0.25) is 0 Å². The van der Waals surface area contributed by atoms with E-state index in [0.717, 1.165) is 11.5 Å². The summed E-state index contributed by atoms with van der Waals surface area (Å²) in [6, 6.07) is 17.6. The van der Waals surface area contributed by atoms with Crippen molar-refractivity contribution in [1.29, 1.82) is 0 Å². The quantitative estimate of drug-likeness (QED) is 0.773. The minimum atomic E-state index is 0.282. The van der Waals surface area contributed by atoms with Crippen molar-refractivity contribution in [3.05, 3.63) is 59.7 Å². The van der Waals surface area contributed by atoms with Gasteiger partial charge in [0.1, 0.15) is 6.61 Å². The first-order valence-corrected chi connectivity index (χ1v) is 9.78. The Morgan fingerprint density at radius 1 is 1.04 bits per heavy atom. The van der Waals surface area contributed by atoms with Crippen molar-refractivity contribution in [2.75, 3.05) is 20.7 Å². The largest absolute Gasteiger partial charge is 0.493 e. The number of fused-ring (bicyclic) bond motifs is 1. The third-order valence-electron chi connectivity index (χ3n) is 6.41. The normalized spacial score (nSPS) is 25.7. The van der Waals surface area contributed by atoms with Gasteiger partial charge in [0.25, 0.3) is 0 Å². The van der Waals surface area contributed by atoms with Crippen molar-refractivity contribution in [3.63, 3.8) is 0 Å². The average molecular weight is 351 g/mol. The molecule has 2 aliphatic rings. The maximum absolute atomic E-state index is 6.18. The monoisotopic (exact) mass is 351 g/mol. The Hall–Kier alpha value is -2.00. The summed E-state index contributed by atoms with van der Waals surface area (Å²) < 4.78 is 11.7. The number of likely N-dealkylation sites (tertiary alicyclic amines) is 1. The molecule has 0 bridgehead atoms. The van der Waals surface area contributed by atoms with Crippen LogP contribution in [0.5, 0.6) is 11.5 Å². The lowest BCUT2D eigenvalue weighted by atomic mass is 9.66. The summed E-state index contributed by atoms with van der Waals surface area (Å²) in [4.78, 5) is 2.56. The van der Waals surface area contributed by atoms with Crippen LogP contribution in [0.3, 0.4) is 0 Å². The van der Waals surface area contributed by atoms with Crippen molar-refractivity contribution >= 4 is 0 Å². The molecule has 26 heavy (non-hydrogen) atoms. The van der Waals surface area contributed by atoms with Crippen molar-refractivity contribution < 1.29 is 9.47 Å². The second kappa shape index (κ2) is 7.32. The summed E-state index contributed by atoms with van der Waals surface area (Å²) in [5.41, 5.74) is 2.88. The first-order valence-electron chi connectivity index (χ1n) is 9.78. The first kappa shape index (κ1) is 17.4. The summed E-state index contributed by atoms with van der Waals surface area (Å²) in [6.07, 6.45) is 6.52. The van der Waals surface area contributed by atoms with E-state index in [1.807, 2.05) is 18.2 Å². The zero-order chi connectivity index (χ0) is 18.0. The molecule has 138 valence electrons. The molecule has 4 rings (SSSR count). The molecule has 0 amide bonds. The molecule has 3 nitrogen and oxygen atoms in total. The van der Waals surface area contributed by atoms with E-state index < -0.39 is 0 Å². The van der Waals surface area contributed by atoms with Crippen LogP contribution in [0.4, 0.5) is 0 Å². The summed E-state index contributed by atoms with van der Waals surface area (Å²) in [6.45, 7) is 1.76. The minimum Gasteiger partial charge on any atom is -0.493 e. The number of rotatable bonds is 5. The molecule has 0 spiro atoms. The SMILES string of the molecule is COc1ccc([C@@]23CCCC[C@@H]2N(C)CC3)cc1OCc1ccccc1. The molecule has 1 saturated heterocycles. The standard InChI is InChI=1S/C23H29NO2/c1-24-15-14-23(13-7-6-10-22(23)24)19-11-12-20(25-2)21(16-19)26-17-18-8-4-3-5-9-18/h3-5,8-9,11-12,16,22H,6-7,10,13-15,17H2,1-2H3/t22-,23-/m0/s1. The second-order valence-corrected chi connectivity index (χ2v) is 7.79. The fraction of sp³-hybridized carbons (Fsp3) is 0.478. The van der Waals surface area contributed by atoms with Crippen molar-refractivity contribution in [2.45, 2.75) is 50.2 Å². The molecule has 2 aromatic carbocycles. The topological polar surface area (TPSA) is 21.7 Å². The highest BCUT2D eigenvalue weighted by molar-refractivity contribution is 5.46. The Morgan fingerprint density at radius 3 is 2.69 bits per heavy atom. The van der Waals surface area contributed by atoms with Crippen LogP contribution < -0.4 is 9.47 Å². The number of ether oxygens (including phenoxy) is 2. The molecule has 3 heteroatoms. The van der Waals surface area contributed by atoms with E-state index in [-0.39, 0.29) is 5.41 Å². The van der Waals surface area contributed by atoms with Crippen LogP contribution in [0, 0.1) is 0 Å². The van der Waals surface area contributed by atoms with Gasteiger partial charge in [0, 0.05) is 11.5 Å². The molecule has 1 aliphatic heterocycles. The molecule has 0 unspecified atom stereocenters.